The molecule has 21 heavy (non-hydrogen) atoms. The first-order chi connectivity index (χ1) is 10.1. The number of aliphatic hydroxyl groups excluding tert-OH is 1. The van der Waals surface area contributed by atoms with E-state index in [1.165, 1.54) is 0 Å². The number of nitrogens with one attached hydrogen (secondary N) is 1. The molecule has 0 aliphatic carbocycles. The van der Waals surface area contributed by atoms with Crippen molar-refractivity contribution < 1.29 is 9.84 Å². The molecule has 0 radical (unpaired) electrons. The van der Waals surface area contributed by atoms with Crippen LogP contribution in [0.2, 0.25) is 0 Å². The van der Waals surface area contributed by atoms with Gasteiger partial charge in [0.05, 0.1) is 19.8 Å². The molecule has 2 aromatic carbocycles. The molecule has 2 aromatic rings. The molecule has 114 valence electrons. The van der Waals surface area contributed by atoms with Gasteiger partial charge in [0.1, 0.15) is 5.75 Å². The maximum absolute atomic E-state index is 9.60. The molecular formula is C17H24N2O2. The van der Waals surface area contributed by atoms with Crippen molar-refractivity contribution in [3.8, 4) is 5.75 Å². The van der Waals surface area contributed by atoms with Crippen LogP contribution in [0.25, 0.3) is 10.8 Å². The number of hydrogen-bond donors (Lipinski definition) is 2. The Bertz CT molecular complexity index is 584. The van der Waals surface area contributed by atoms with Gasteiger partial charge in [0, 0.05) is 13.1 Å². The Morgan fingerprint density at radius 3 is 2.52 bits per heavy atom. The summed E-state index contributed by atoms with van der Waals surface area (Å²) in [6.07, 6.45) is 0. The van der Waals surface area contributed by atoms with Crippen LogP contribution < -0.4 is 10.1 Å². The second kappa shape index (κ2) is 7.41. The predicted molar refractivity (Wildman–Crippen MR) is 86.9 cm³/mol. The fourth-order valence-corrected chi connectivity index (χ4v) is 2.34. The van der Waals surface area contributed by atoms with Crippen molar-refractivity contribution in [3.63, 3.8) is 0 Å². The molecule has 0 heterocycles. The molecule has 0 aliphatic rings. The number of benzene rings is 2. The fourth-order valence-electron chi connectivity index (χ4n) is 2.34. The second-order valence-electron chi connectivity index (χ2n) is 5.47. The summed E-state index contributed by atoms with van der Waals surface area (Å²) in [5, 5.41) is 15.3. The third-order valence-corrected chi connectivity index (χ3v) is 3.61. The second-order valence-corrected chi connectivity index (χ2v) is 5.47. The lowest BCUT2D eigenvalue weighted by atomic mass is 10.0. The molecule has 0 fully saturated rings. The summed E-state index contributed by atoms with van der Waals surface area (Å²) in [6.45, 7) is 1.88. The maximum atomic E-state index is 9.60. The zero-order valence-electron chi connectivity index (χ0n) is 13.0. The Hall–Kier alpha value is -1.62. The Morgan fingerprint density at radius 1 is 1.14 bits per heavy atom. The highest BCUT2D eigenvalue weighted by Crippen LogP contribution is 2.24. The number of methoxy groups -OCH3 is 1. The van der Waals surface area contributed by atoms with E-state index in [2.05, 4.69) is 28.4 Å². The Balaban J connectivity index is 2.16. The SMILES string of the molecule is COc1ccc2cc(C(CO)NCCN(C)C)ccc2c1. The van der Waals surface area contributed by atoms with E-state index in [0.29, 0.717) is 0 Å². The van der Waals surface area contributed by atoms with E-state index in [0.717, 1.165) is 35.2 Å². The number of ether oxygens (including phenoxy) is 1. The monoisotopic (exact) mass is 288 g/mol. The number of hydrogen-bond acceptors (Lipinski definition) is 4. The topological polar surface area (TPSA) is 44.7 Å². The van der Waals surface area contributed by atoms with Crippen LogP contribution in [0.4, 0.5) is 0 Å². The summed E-state index contributed by atoms with van der Waals surface area (Å²) in [6, 6.07) is 12.3. The molecule has 2 N–H and O–H groups in total. The number of fused-ring (bicyclic) bond motifs is 1. The van der Waals surface area contributed by atoms with Crippen LogP contribution in [-0.4, -0.2) is 50.9 Å². The standard InChI is InChI=1S/C17H24N2O2/c1-19(2)9-8-18-17(12-20)15-5-4-14-11-16(21-3)7-6-13(14)10-15/h4-7,10-11,17-18,20H,8-9,12H2,1-3H3. The molecule has 0 spiro atoms. The van der Waals surface area contributed by atoms with Gasteiger partial charge in [-0.05, 0) is 48.6 Å². The van der Waals surface area contributed by atoms with Crippen molar-refractivity contribution >= 4 is 10.8 Å². The Morgan fingerprint density at radius 2 is 1.86 bits per heavy atom. The number of rotatable bonds is 7. The first-order valence-electron chi connectivity index (χ1n) is 7.20. The maximum Gasteiger partial charge on any atom is 0.119 e. The third-order valence-electron chi connectivity index (χ3n) is 3.61. The Kier molecular flexibility index (Phi) is 5.56. The van der Waals surface area contributed by atoms with Crippen LogP contribution >= 0.6 is 0 Å². The zero-order chi connectivity index (χ0) is 15.2. The van der Waals surface area contributed by atoms with Gasteiger partial charge in [0.15, 0.2) is 0 Å². The fraction of sp³-hybridized carbons (Fsp3) is 0.412. The minimum Gasteiger partial charge on any atom is -0.497 e. The summed E-state index contributed by atoms with van der Waals surface area (Å²) in [7, 11) is 5.75. The van der Waals surface area contributed by atoms with Gasteiger partial charge in [-0.1, -0.05) is 18.2 Å². The van der Waals surface area contributed by atoms with Crippen molar-refractivity contribution in [1.82, 2.24) is 10.2 Å². The normalized spacial score (nSPS) is 12.8. The van der Waals surface area contributed by atoms with Gasteiger partial charge in [-0.3, -0.25) is 0 Å². The van der Waals surface area contributed by atoms with Gasteiger partial charge in [0.25, 0.3) is 0 Å². The predicted octanol–water partition coefficient (Wildman–Crippen LogP) is 2.03. The van der Waals surface area contributed by atoms with Crippen molar-refractivity contribution in [3.05, 3.63) is 42.0 Å². The molecular weight excluding hydrogens is 264 g/mol. The Labute approximate surface area is 126 Å². The zero-order valence-corrected chi connectivity index (χ0v) is 13.0. The van der Waals surface area contributed by atoms with Crippen LogP contribution in [0.5, 0.6) is 5.75 Å². The van der Waals surface area contributed by atoms with Crippen molar-refractivity contribution in [2.45, 2.75) is 6.04 Å². The van der Waals surface area contributed by atoms with E-state index in [1.54, 1.807) is 7.11 Å². The van der Waals surface area contributed by atoms with Gasteiger partial charge in [0.2, 0.25) is 0 Å². The minimum absolute atomic E-state index is 0.0311. The van der Waals surface area contributed by atoms with Crippen LogP contribution in [0, 0.1) is 0 Å². The molecule has 0 saturated heterocycles. The molecule has 0 amide bonds. The first-order valence-corrected chi connectivity index (χ1v) is 7.20. The lowest BCUT2D eigenvalue weighted by Gasteiger charge is -2.19. The van der Waals surface area contributed by atoms with Crippen LogP contribution in [-0.2, 0) is 0 Å². The van der Waals surface area contributed by atoms with Gasteiger partial charge < -0.3 is 20.1 Å². The highest BCUT2D eigenvalue weighted by atomic mass is 16.5. The van der Waals surface area contributed by atoms with E-state index >= 15 is 0 Å². The van der Waals surface area contributed by atoms with Crippen molar-refractivity contribution in [2.75, 3.05) is 40.9 Å². The molecule has 0 bridgehead atoms. The van der Waals surface area contributed by atoms with E-state index in [9.17, 15) is 5.11 Å². The molecule has 1 unspecified atom stereocenters. The molecule has 0 saturated carbocycles. The average Bonchev–Trinajstić information content (AvgIpc) is 2.50. The lowest BCUT2D eigenvalue weighted by molar-refractivity contribution is 0.240. The summed E-state index contributed by atoms with van der Waals surface area (Å²) in [5.74, 6) is 0.859. The number of nitrogens with zero attached hydrogens (tertiary/aromatic N) is 1. The highest BCUT2D eigenvalue weighted by Gasteiger charge is 2.10. The van der Waals surface area contributed by atoms with Crippen molar-refractivity contribution in [2.24, 2.45) is 0 Å². The van der Waals surface area contributed by atoms with Crippen LogP contribution in [0.3, 0.4) is 0 Å². The smallest absolute Gasteiger partial charge is 0.119 e. The summed E-state index contributed by atoms with van der Waals surface area (Å²) in [4.78, 5) is 2.12. The minimum atomic E-state index is -0.0311. The molecule has 4 nitrogen and oxygen atoms in total. The molecule has 0 aliphatic heterocycles. The molecule has 1 atom stereocenters. The van der Waals surface area contributed by atoms with E-state index < -0.39 is 0 Å². The van der Waals surface area contributed by atoms with Crippen molar-refractivity contribution in [1.29, 1.82) is 0 Å². The quantitative estimate of drug-likeness (QED) is 0.818. The van der Waals surface area contributed by atoms with E-state index in [-0.39, 0.29) is 12.6 Å². The lowest BCUT2D eigenvalue weighted by Crippen LogP contribution is -2.31. The van der Waals surface area contributed by atoms with E-state index in [1.807, 2.05) is 32.3 Å². The van der Waals surface area contributed by atoms with E-state index in [4.69, 9.17) is 4.74 Å². The molecule has 4 heteroatoms. The number of aliphatic hydroxyl groups is 1. The first kappa shape index (κ1) is 15.8. The average molecular weight is 288 g/mol. The van der Waals surface area contributed by atoms with Gasteiger partial charge in [-0.25, -0.2) is 0 Å². The van der Waals surface area contributed by atoms with Crippen LogP contribution in [0.1, 0.15) is 11.6 Å². The molecule has 0 aromatic heterocycles. The van der Waals surface area contributed by atoms with Gasteiger partial charge >= 0.3 is 0 Å². The highest BCUT2D eigenvalue weighted by molar-refractivity contribution is 5.84. The van der Waals surface area contributed by atoms with Gasteiger partial charge in [-0.15, -0.1) is 0 Å². The summed E-state index contributed by atoms with van der Waals surface area (Å²) in [5.41, 5.74) is 1.11. The largest absolute Gasteiger partial charge is 0.497 e. The molecule has 2 rings (SSSR count). The van der Waals surface area contributed by atoms with Crippen LogP contribution in [0.15, 0.2) is 36.4 Å². The summed E-state index contributed by atoms with van der Waals surface area (Å²) >= 11 is 0. The third kappa shape index (κ3) is 4.17. The number of likely N-dealkylation sites (N-methyl/N-ethyl adjacent to an activating group) is 1. The van der Waals surface area contributed by atoms with Gasteiger partial charge in [-0.2, -0.15) is 0 Å². The summed E-state index contributed by atoms with van der Waals surface area (Å²) < 4.78 is 5.24.